The Morgan fingerprint density at radius 2 is 1.65 bits per heavy atom. The van der Waals surface area contributed by atoms with Gasteiger partial charge in [-0.3, -0.25) is 4.57 Å². The third-order valence-electron chi connectivity index (χ3n) is 8.88. The van der Waals surface area contributed by atoms with E-state index in [1.807, 2.05) is 28.8 Å². The molecule has 0 unspecified atom stereocenters. The van der Waals surface area contributed by atoms with Crippen molar-refractivity contribution in [2.45, 2.75) is 103 Å². The van der Waals surface area contributed by atoms with E-state index in [2.05, 4.69) is 83.0 Å². The van der Waals surface area contributed by atoms with Crippen molar-refractivity contribution in [3.8, 4) is 5.75 Å². The average molecular weight is 586 g/mol. The summed E-state index contributed by atoms with van der Waals surface area (Å²) in [5.41, 5.74) is 2.18. The molecule has 3 aromatic rings. The van der Waals surface area contributed by atoms with Crippen LogP contribution < -0.4 is 10.1 Å². The molecule has 0 amide bonds. The number of hydrogen-bond acceptors (Lipinski definition) is 8. The minimum Gasteiger partial charge on any atom is -0.495 e. The SMILES string of the molecule is COc1ccccc1Nc1ncnc2c1ncn2[C@H]1C[C@H](O[Si](C)(C)C(C)(C)C)[C@@H](CO[Si](C)(C)C(C)(C)C)O1. The van der Waals surface area contributed by atoms with Gasteiger partial charge in [0.05, 0.1) is 31.8 Å². The largest absolute Gasteiger partial charge is 0.495 e. The summed E-state index contributed by atoms with van der Waals surface area (Å²) in [5, 5.41) is 3.56. The van der Waals surface area contributed by atoms with Crippen molar-refractivity contribution < 1.29 is 18.3 Å². The average Bonchev–Trinajstić information content (AvgIpc) is 3.46. The Kier molecular flexibility index (Phi) is 8.55. The first kappa shape index (κ1) is 30.6. The summed E-state index contributed by atoms with van der Waals surface area (Å²) < 4.78 is 27.8. The van der Waals surface area contributed by atoms with Crippen LogP contribution in [0.2, 0.25) is 36.3 Å². The Morgan fingerprint density at radius 3 is 2.30 bits per heavy atom. The molecule has 1 aromatic carbocycles. The molecule has 1 aliphatic rings. The van der Waals surface area contributed by atoms with Gasteiger partial charge in [-0.2, -0.15) is 0 Å². The second-order valence-electron chi connectivity index (χ2n) is 13.7. The normalized spacial score (nSPS) is 20.7. The molecular formula is C29H47N5O4Si2. The number of ether oxygens (including phenoxy) is 2. The van der Waals surface area contributed by atoms with Crippen molar-refractivity contribution in [2.75, 3.05) is 19.0 Å². The van der Waals surface area contributed by atoms with Crippen molar-refractivity contribution in [3.05, 3.63) is 36.9 Å². The van der Waals surface area contributed by atoms with Crippen molar-refractivity contribution in [1.29, 1.82) is 0 Å². The molecule has 0 aliphatic carbocycles. The molecule has 3 heterocycles. The Balaban J connectivity index is 1.62. The van der Waals surface area contributed by atoms with E-state index in [-0.39, 0.29) is 28.5 Å². The highest BCUT2D eigenvalue weighted by molar-refractivity contribution is 6.74. The van der Waals surface area contributed by atoms with Crippen LogP contribution in [0.3, 0.4) is 0 Å². The lowest BCUT2D eigenvalue weighted by atomic mass is 10.2. The van der Waals surface area contributed by atoms with Crippen molar-refractivity contribution in [3.63, 3.8) is 0 Å². The maximum absolute atomic E-state index is 6.95. The van der Waals surface area contributed by atoms with Crippen molar-refractivity contribution in [1.82, 2.24) is 19.5 Å². The zero-order valence-corrected chi connectivity index (χ0v) is 28.0. The molecule has 40 heavy (non-hydrogen) atoms. The zero-order chi connectivity index (χ0) is 29.5. The lowest BCUT2D eigenvalue weighted by Gasteiger charge is -2.40. The Morgan fingerprint density at radius 1 is 0.975 bits per heavy atom. The first-order chi connectivity index (χ1) is 18.5. The second kappa shape index (κ2) is 11.2. The lowest BCUT2D eigenvalue weighted by molar-refractivity contribution is -0.0383. The number of imidazole rings is 1. The summed E-state index contributed by atoms with van der Waals surface area (Å²) in [4.78, 5) is 13.8. The van der Waals surface area contributed by atoms with Crippen LogP contribution in [0.15, 0.2) is 36.9 Å². The van der Waals surface area contributed by atoms with Crippen LogP contribution in [0.25, 0.3) is 11.2 Å². The van der Waals surface area contributed by atoms with Gasteiger partial charge in [0.2, 0.25) is 0 Å². The summed E-state index contributed by atoms with van der Waals surface area (Å²) in [7, 11) is -2.36. The molecule has 0 spiro atoms. The lowest BCUT2D eigenvalue weighted by Crippen LogP contribution is -2.48. The van der Waals surface area contributed by atoms with Crippen LogP contribution in [0.4, 0.5) is 11.5 Å². The molecule has 1 aliphatic heterocycles. The number of para-hydroxylation sites is 2. The van der Waals surface area contributed by atoms with Crippen molar-refractivity contribution >= 4 is 39.3 Å². The first-order valence-electron chi connectivity index (χ1n) is 14.1. The topological polar surface area (TPSA) is 92.6 Å². The minimum atomic E-state index is -2.05. The van der Waals surface area contributed by atoms with E-state index in [1.165, 1.54) is 0 Å². The monoisotopic (exact) mass is 585 g/mol. The van der Waals surface area contributed by atoms with E-state index in [1.54, 1.807) is 19.8 Å². The van der Waals surface area contributed by atoms with Gasteiger partial charge in [-0.1, -0.05) is 53.7 Å². The van der Waals surface area contributed by atoms with Gasteiger partial charge in [-0.25, -0.2) is 15.0 Å². The van der Waals surface area contributed by atoms with Crippen LogP contribution in [0, 0.1) is 0 Å². The number of nitrogens with one attached hydrogen (secondary N) is 1. The highest BCUT2D eigenvalue weighted by atomic mass is 28.4. The van der Waals surface area contributed by atoms with E-state index in [0.29, 0.717) is 30.0 Å². The standard InChI is InChI=1S/C29H47N5O4Si2/c1-28(2,3)39(8,9)36-17-23-22(38-40(10,11)29(4,5)6)16-24(37-23)34-19-32-25-26(30-18-31-27(25)34)33-20-14-12-13-15-21(20)35-7/h12-15,18-19,22-24H,16-17H2,1-11H3,(H,30,31,33)/t22-,23+,24+/m0/s1. The molecule has 4 rings (SSSR count). The number of nitrogens with zero attached hydrogens (tertiary/aromatic N) is 4. The quantitative estimate of drug-likeness (QED) is 0.262. The number of benzene rings is 1. The fourth-order valence-electron chi connectivity index (χ4n) is 4.24. The predicted molar refractivity (Wildman–Crippen MR) is 165 cm³/mol. The highest BCUT2D eigenvalue weighted by Gasteiger charge is 2.46. The first-order valence-corrected chi connectivity index (χ1v) is 19.9. The van der Waals surface area contributed by atoms with E-state index < -0.39 is 16.6 Å². The molecule has 0 radical (unpaired) electrons. The van der Waals surface area contributed by atoms with Crippen LogP contribution >= 0.6 is 0 Å². The molecule has 1 N–H and O–H groups in total. The third-order valence-corrected chi connectivity index (χ3v) is 17.9. The summed E-state index contributed by atoms with van der Waals surface area (Å²) in [6, 6.07) is 7.72. The zero-order valence-electron chi connectivity index (χ0n) is 26.0. The van der Waals surface area contributed by atoms with Gasteiger partial charge in [-0.15, -0.1) is 0 Å². The second-order valence-corrected chi connectivity index (χ2v) is 23.3. The highest BCUT2D eigenvalue weighted by Crippen LogP contribution is 2.43. The Labute approximate surface area is 241 Å². The van der Waals surface area contributed by atoms with Gasteiger partial charge in [0.1, 0.15) is 24.4 Å². The summed E-state index contributed by atoms with van der Waals surface area (Å²) in [6.45, 7) is 23.2. The number of fused-ring (bicyclic) bond motifs is 1. The van der Waals surface area contributed by atoms with Gasteiger partial charge >= 0.3 is 0 Å². The number of hydrogen-bond donors (Lipinski definition) is 1. The van der Waals surface area contributed by atoms with Crippen LogP contribution in [0.5, 0.6) is 5.75 Å². The molecule has 0 bridgehead atoms. The maximum Gasteiger partial charge on any atom is 0.192 e. The molecule has 3 atom stereocenters. The number of methoxy groups -OCH3 is 1. The molecule has 1 saturated heterocycles. The molecule has 9 nitrogen and oxygen atoms in total. The van der Waals surface area contributed by atoms with E-state index in [9.17, 15) is 0 Å². The van der Waals surface area contributed by atoms with Crippen LogP contribution in [-0.4, -0.2) is 62.1 Å². The van der Waals surface area contributed by atoms with Gasteiger partial charge in [0, 0.05) is 6.42 Å². The predicted octanol–water partition coefficient (Wildman–Crippen LogP) is 7.28. The van der Waals surface area contributed by atoms with Gasteiger partial charge in [-0.05, 0) is 48.4 Å². The molecule has 1 fully saturated rings. The fraction of sp³-hybridized carbons (Fsp3) is 0.621. The van der Waals surface area contributed by atoms with Gasteiger partial charge in [0.25, 0.3) is 0 Å². The summed E-state index contributed by atoms with van der Waals surface area (Å²) >= 11 is 0. The smallest absolute Gasteiger partial charge is 0.192 e. The summed E-state index contributed by atoms with van der Waals surface area (Å²) in [6.07, 6.45) is 3.50. The van der Waals surface area contributed by atoms with Crippen LogP contribution in [0.1, 0.15) is 54.2 Å². The maximum atomic E-state index is 6.95. The van der Waals surface area contributed by atoms with E-state index in [0.717, 1.165) is 11.4 Å². The van der Waals surface area contributed by atoms with Crippen molar-refractivity contribution in [2.24, 2.45) is 0 Å². The molecule has 11 heteroatoms. The van der Waals surface area contributed by atoms with Gasteiger partial charge < -0.3 is 23.6 Å². The Bertz CT molecular complexity index is 1320. The van der Waals surface area contributed by atoms with Crippen LogP contribution in [-0.2, 0) is 13.6 Å². The molecule has 0 saturated carbocycles. The molecule has 2 aromatic heterocycles. The molecule has 220 valence electrons. The minimum absolute atomic E-state index is 0.0823. The number of rotatable bonds is 9. The van der Waals surface area contributed by atoms with E-state index >= 15 is 0 Å². The number of aromatic nitrogens is 4. The summed E-state index contributed by atoms with van der Waals surface area (Å²) in [5.74, 6) is 1.33. The third kappa shape index (κ3) is 6.28. The fourth-order valence-corrected chi connectivity index (χ4v) is 6.61. The van der Waals surface area contributed by atoms with Gasteiger partial charge in [0.15, 0.2) is 33.6 Å². The van der Waals surface area contributed by atoms with E-state index in [4.69, 9.17) is 23.3 Å². The number of anilines is 2. The Hall–Kier alpha value is -2.32. The molecular weight excluding hydrogens is 539 g/mol.